The standard InChI is InChI=1S/C19H24N4O3/c1-21-16(11-17(24)22(2)19(21)26)23-10-6-9-15(13-23)18(25)20-12-14-7-4-3-5-8-14/h3-5,7-8,11,15H,6,9-10,12-13H2,1-2H3,(H,20,25). The van der Waals surface area contributed by atoms with Crippen molar-refractivity contribution in [2.75, 3.05) is 18.0 Å². The predicted octanol–water partition coefficient (Wildman–Crippen LogP) is 0.617. The smallest absolute Gasteiger partial charge is 0.332 e. The number of piperidine rings is 1. The molecule has 1 aromatic heterocycles. The van der Waals surface area contributed by atoms with Gasteiger partial charge in [0.05, 0.1) is 5.92 Å². The summed E-state index contributed by atoms with van der Waals surface area (Å²) in [6, 6.07) is 11.2. The van der Waals surface area contributed by atoms with E-state index in [0.717, 1.165) is 29.5 Å². The number of benzene rings is 1. The molecule has 0 saturated carbocycles. The Morgan fingerprint density at radius 2 is 1.88 bits per heavy atom. The molecule has 0 spiro atoms. The van der Waals surface area contributed by atoms with Crippen LogP contribution in [0.1, 0.15) is 18.4 Å². The highest BCUT2D eigenvalue weighted by atomic mass is 16.2. The van der Waals surface area contributed by atoms with Gasteiger partial charge in [0, 0.05) is 39.8 Å². The maximum Gasteiger partial charge on any atom is 0.332 e. The summed E-state index contributed by atoms with van der Waals surface area (Å²) in [5.74, 6) is 0.415. The monoisotopic (exact) mass is 356 g/mol. The number of anilines is 1. The quantitative estimate of drug-likeness (QED) is 0.871. The van der Waals surface area contributed by atoms with Crippen LogP contribution in [0.25, 0.3) is 0 Å². The lowest BCUT2D eigenvalue weighted by Gasteiger charge is -2.34. The van der Waals surface area contributed by atoms with Gasteiger partial charge in [-0.05, 0) is 18.4 Å². The Balaban J connectivity index is 1.70. The Morgan fingerprint density at radius 3 is 2.62 bits per heavy atom. The summed E-state index contributed by atoms with van der Waals surface area (Å²) in [6.07, 6.45) is 1.64. The average molecular weight is 356 g/mol. The summed E-state index contributed by atoms with van der Waals surface area (Å²) in [6.45, 7) is 1.73. The van der Waals surface area contributed by atoms with Crippen LogP contribution >= 0.6 is 0 Å². The minimum absolute atomic E-state index is 0.00684. The number of carbonyl (C=O) groups excluding carboxylic acids is 1. The Kier molecular flexibility index (Phi) is 5.25. The lowest BCUT2D eigenvalue weighted by Crippen LogP contribution is -2.46. The number of nitrogens with one attached hydrogen (secondary N) is 1. The summed E-state index contributed by atoms with van der Waals surface area (Å²) in [5.41, 5.74) is 0.365. The Morgan fingerprint density at radius 1 is 1.15 bits per heavy atom. The van der Waals surface area contributed by atoms with Gasteiger partial charge in [-0.3, -0.25) is 18.7 Å². The second-order valence-corrected chi connectivity index (χ2v) is 6.73. The van der Waals surface area contributed by atoms with E-state index in [1.165, 1.54) is 17.7 Å². The normalized spacial score (nSPS) is 17.2. The molecule has 2 heterocycles. The van der Waals surface area contributed by atoms with Crippen molar-refractivity contribution in [2.45, 2.75) is 19.4 Å². The molecule has 1 aromatic carbocycles. The number of rotatable bonds is 4. The van der Waals surface area contributed by atoms with Gasteiger partial charge in [0.2, 0.25) is 5.91 Å². The van der Waals surface area contributed by atoms with Gasteiger partial charge in [-0.25, -0.2) is 4.79 Å². The molecule has 1 unspecified atom stereocenters. The van der Waals surface area contributed by atoms with Crippen molar-refractivity contribution in [2.24, 2.45) is 20.0 Å². The first-order chi connectivity index (χ1) is 12.5. The second kappa shape index (κ2) is 7.59. The van der Waals surface area contributed by atoms with Crippen LogP contribution in [-0.2, 0) is 25.4 Å². The van der Waals surface area contributed by atoms with Crippen molar-refractivity contribution in [3.05, 3.63) is 62.8 Å². The largest absolute Gasteiger partial charge is 0.357 e. The van der Waals surface area contributed by atoms with Gasteiger partial charge in [-0.2, -0.15) is 0 Å². The third-order valence-electron chi connectivity index (χ3n) is 4.93. The zero-order valence-corrected chi connectivity index (χ0v) is 15.1. The molecule has 0 radical (unpaired) electrons. The van der Waals surface area contributed by atoms with Crippen molar-refractivity contribution in [1.29, 1.82) is 0 Å². The fourth-order valence-electron chi connectivity index (χ4n) is 3.35. The van der Waals surface area contributed by atoms with Crippen LogP contribution in [0.5, 0.6) is 0 Å². The van der Waals surface area contributed by atoms with Gasteiger partial charge >= 0.3 is 5.69 Å². The minimum atomic E-state index is -0.358. The molecule has 26 heavy (non-hydrogen) atoms. The Labute approximate surface area is 151 Å². The minimum Gasteiger partial charge on any atom is -0.357 e. The molecule has 1 fully saturated rings. The van der Waals surface area contributed by atoms with Crippen molar-refractivity contribution < 1.29 is 4.79 Å². The zero-order chi connectivity index (χ0) is 18.7. The van der Waals surface area contributed by atoms with Crippen LogP contribution in [0.3, 0.4) is 0 Å². The summed E-state index contributed by atoms with van der Waals surface area (Å²) < 4.78 is 2.54. The van der Waals surface area contributed by atoms with Gasteiger partial charge in [0.1, 0.15) is 5.82 Å². The molecule has 7 nitrogen and oxygen atoms in total. The van der Waals surface area contributed by atoms with Crippen molar-refractivity contribution in [3.8, 4) is 0 Å². The molecule has 7 heteroatoms. The van der Waals surface area contributed by atoms with Crippen LogP contribution in [0.15, 0.2) is 46.0 Å². The summed E-state index contributed by atoms with van der Waals surface area (Å²) in [5, 5.41) is 2.99. The van der Waals surface area contributed by atoms with Crippen LogP contribution in [-0.4, -0.2) is 28.1 Å². The van der Waals surface area contributed by atoms with Crippen LogP contribution in [0, 0.1) is 5.92 Å². The number of hydrogen-bond donors (Lipinski definition) is 1. The van der Waals surface area contributed by atoms with Crippen molar-refractivity contribution in [3.63, 3.8) is 0 Å². The highest BCUT2D eigenvalue weighted by Gasteiger charge is 2.27. The van der Waals surface area contributed by atoms with Crippen LogP contribution in [0.4, 0.5) is 5.82 Å². The first-order valence-corrected chi connectivity index (χ1v) is 8.81. The third-order valence-corrected chi connectivity index (χ3v) is 4.93. The molecule has 1 aliphatic rings. The van der Waals surface area contributed by atoms with E-state index in [0.29, 0.717) is 18.9 Å². The number of nitrogens with zero attached hydrogens (tertiary/aromatic N) is 3. The highest BCUT2D eigenvalue weighted by Crippen LogP contribution is 2.21. The molecular weight excluding hydrogens is 332 g/mol. The molecular formula is C19H24N4O3. The molecule has 1 amide bonds. The predicted molar refractivity (Wildman–Crippen MR) is 100 cm³/mol. The molecule has 1 saturated heterocycles. The molecule has 138 valence electrons. The molecule has 2 aromatic rings. The SMILES string of the molecule is Cn1c(N2CCCC(C(=O)NCc3ccccc3)C2)cc(=O)n(C)c1=O. The number of hydrogen-bond acceptors (Lipinski definition) is 4. The van der Waals surface area contributed by atoms with Gasteiger partial charge in [-0.15, -0.1) is 0 Å². The van der Waals surface area contributed by atoms with E-state index in [9.17, 15) is 14.4 Å². The van der Waals surface area contributed by atoms with Crippen molar-refractivity contribution in [1.82, 2.24) is 14.5 Å². The summed E-state index contributed by atoms with van der Waals surface area (Å²) in [7, 11) is 3.11. The molecule has 3 rings (SSSR count). The maximum atomic E-state index is 12.5. The van der Waals surface area contributed by atoms with E-state index in [2.05, 4.69) is 5.32 Å². The Hall–Kier alpha value is -2.83. The van der Waals surface area contributed by atoms with Crippen molar-refractivity contribution >= 4 is 11.7 Å². The number of amides is 1. The van der Waals surface area contributed by atoms with E-state index < -0.39 is 0 Å². The van der Waals surface area contributed by atoms with Gasteiger partial charge in [-0.1, -0.05) is 30.3 Å². The third kappa shape index (κ3) is 3.71. The van der Waals surface area contributed by atoms with Gasteiger partial charge < -0.3 is 10.2 Å². The molecule has 0 bridgehead atoms. The van der Waals surface area contributed by atoms with Gasteiger partial charge in [0.25, 0.3) is 5.56 Å². The summed E-state index contributed by atoms with van der Waals surface area (Å²) in [4.78, 5) is 38.6. The number of carbonyl (C=O) groups is 1. The first-order valence-electron chi connectivity index (χ1n) is 8.81. The zero-order valence-electron chi connectivity index (χ0n) is 15.1. The van der Waals surface area contributed by atoms with Crippen LogP contribution in [0.2, 0.25) is 0 Å². The topological polar surface area (TPSA) is 76.3 Å². The van der Waals surface area contributed by atoms with E-state index in [4.69, 9.17) is 0 Å². The molecule has 1 aliphatic heterocycles. The lowest BCUT2D eigenvalue weighted by molar-refractivity contribution is -0.125. The second-order valence-electron chi connectivity index (χ2n) is 6.73. The average Bonchev–Trinajstić information content (AvgIpc) is 2.68. The van der Waals surface area contributed by atoms with Gasteiger partial charge in [0.15, 0.2) is 0 Å². The molecule has 1 N–H and O–H groups in total. The Bertz CT molecular complexity index is 901. The fourth-order valence-corrected chi connectivity index (χ4v) is 3.35. The fraction of sp³-hybridized carbons (Fsp3) is 0.421. The summed E-state index contributed by atoms with van der Waals surface area (Å²) >= 11 is 0. The highest BCUT2D eigenvalue weighted by molar-refractivity contribution is 5.79. The van der Waals surface area contributed by atoms with E-state index in [1.807, 2.05) is 35.2 Å². The first kappa shape index (κ1) is 18.0. The molecule has 0 aliphatic carbocycles. The lowest BCUT2D eigenvalue weighted by atomic mass is 9.97. The number of aromatic nitrogens is 2. The maximum absolute atomic E-state index is 12.5. The molecule has 1 atom stereocenters. The van der Waals surface area contributed by atoms with E-state index in [1.54, 1.807) is 7.05 Å². The van der Waals surface area contributed by atoms with E-state index >= 15 is 0 Å². The van der Waals surface area contributed by atoms with E-state index in [-0.39, 0.29) is 23.1 Å². The van der Waals surface area contributed by atoms with Crippen LogP contribution < -0.4 is 21.5 Å².